The lowest BCUT2D eigenvalue weighted by Gasteiger charge is -2.31. The minimum Gasteiger partial charge on any atom is -0.493 e. The van der Waals surface area contributed by atoms with Crippen LogP contribution in [0.1, 0.15) is 40.5 Å². The molecule has 5 rings (SSSR count). The van der Waals surface area contributed by atoms with Crippen LogP contribution in [0.3, 0.4) is 0 Å². The number of rotatable bonds is 7. The third-order valence-corrected chi connectivity index (χ3v) is 7.58. The van der Waals surface area contributed by atoms with Crippen LogP contribution in [0.4, 0.5) is 17.6 Å². The molecule has 2 aliphatic rings. The number of methoxy groups -OCH3 is 1. The number of fused-ring (bicyclic) bond motifs is 2. The van der Waals surface area contributed by atoms with Crippen molar-refractivity contribution < 1.29 is 46.5 Å². The van der Waals surface area contributed by atoms with E-state index in [2.05, 4.69) is 10.3 Å². The first-order valence-corrected chi connectivity index (χ1v) is 12.9. The van der Waals surface area contributed by atoms with Gasteiger partial charge < -0.3 is 30.4 Å². The van der Waals surface area contributed by atoms with Crippen LogP contribution in [0.25, 0.3) is 11.3 Å². The number of amides is 2. The highest BCUT2D eigenvalue weighted by Crippen LogP contribution is 2.47. The monoisotopic (exact) mass is 589 g/mol. The summed E-state index contributed by atoms with van der Waals surface area (Å²) in [4.78, 5) is 29.5. The predicted molar refractivity (Wildman–Crippen MR) is 141 cm³/mol. The summed E-state index contributed by atoms with van der Waals surface area (Å²) >= 11 is 0. The van der Waals surface area contributed by atoms with Crippen LogP contribution in [-0.4, -0.2) is 54.9 Å². The topological polar surface area (TPSA) is 133 Å². The number of carbonyl (C=O) groups is 2. The molecule has 4 N–H and O–H groups in total. The molecule has 1 aromatic heterocycles. The van der Waals surface area contributed by atoms with Crippen molar-refractivity contribution in [3.8, 4) is 28.5 Å². The number of nitrogens with one attached hydrogen (secondary N) is 1. The van der Waals surface area contributed by atoms with Crippen LogP contribution in [0, 0.1) is 5.82 Å². The van der Waals surface area contributed by atoms with E-state index in [-0.39, 0.29) is 40.5 Å². The van der Waals surface area contributed by atoms with E-state index in [0.29, 0.717) is 30.8 Å². The Balaban J connectivity index is 1.57. The molecule has 222 valence electrons. The van der Waals surface area contributed by atoms with Crippen LogP contribution in [0.15, 0.2) is 42.5 Å². The number of hydrogen-bond acceptors (Lipinski definition) is 7. The molecule has 0 saturated heterocycles. The van der Waals surface area contributed by atoms with Gasteiger partial charge in [-0.2, -0.15) is 13.2 Å². The van der Waals surface area contributed by atoms with Crippen molar-refractivity contribution in [3.63, 3.8) is 0 Å². The minimum absolute atomic E-state index is 0.00393. The second kappa shape index (κ2) is 10.5. The summed E-state index contributed by atoms with van der Waals surface area (Å²) in [6.45, 7) is 0.234. The molecule has 42 heavy (non-hydrogen) atoms. The largest absolute Gasteiger partial charge is 0.493 e. The van der Waals surface area contributed by atoms with E-state index >= 15 is 0 Å². The molecule has 0 aliphatic carbocycles. The average molecular weight is 590 g/mol. The molecule has 0 saturated carbocycles. The highest BCUT2D eigenvalue weighted by Gasteiger charge is 2.57. The summed E-state index contributed by atoms with van der Waals surface area (Å²) in [5.41, 5.74) is 0.0314. The van der Waals surface area contributed by atoms with Gasteiger partial charge in [-0.3, -0.25) is 9.59 Å². The summed E-state index contributed by atoms with van der Waals surface area (Å²) in [6.07, 6.45) is -4.08. The predicted octanol–water partition coefficient (Wildman–Crippen LogP) is 3.54. The highest BCUT2D eigenvalue weighted by molar-refractivity contribution is 5.95. The van der Waals surface area contributed by atoms with Gasteiger partial charge in [0.05, 0.1) is 26.0 Å². The normalized spacial score (nSPS) is 19.0. The first-order valence-electron chi connectivity index (χ1n) is 12.9. The van der Waals surface area contributed by atoms with Crippen LogP contribution in [0.5, 0.6) is 17.2 Å². The lowest BCUT2D eigenvalue weighted by molar-refractivity contribution is -0.265. The number of primary amides is 1. The minimum atomic E-state index is -5.34. The maximum atomic E-state index is 14.6. The number of pyridine rings is 1. The number of nitrogens with two attached hydrogens (primary N) is 1. The second-order valence-corrected chi connectivity index (χ2v) is 10.4. The fraction of sp³-hybridized carbons (Fsp3) is 0.345. The fourth-order valence-electron chi connectivity index (χ4n) is 4.98. The molecule has 0 spiro atoms. The van der Waals surface area contributed by atoms with Gasteiger partial charge in [0.1, 0.15) is 29.3 Å². The molecule has 9 nitrogen and oxygen atoms in total. The van der Waals surface area contributed by atoms with Gasteiger partial charge in [-0.25, -0.2) is 9.37 Å². The van der Waals surface area contributed by atoms with Gasteiger partial charge in [-0.05, 0) is 67.8 Å². The molecule has 0 unspecified atom stereocenters. The summed E-state index contributed by atoms with van der Waals surface area (Å²) in [5.74, 6) is -1.70. The average Bonchev–Trinajstić information content (AvgIpc) is 3.32. The molecule has 3 aromatic rings. The van der Waals surface area contributed by atoms with Gasteiger partial charge in [-0.1, -0.05) is 0 Å². The zero-order chi connectivity index (χ0) is 30.4. The standard InChI is InChI=1S/C29H27F4N3O6/c1-27(26(34)38)14-42-24-19(27)12-21(36-22(24)15-5-7-18(30)8-6-15)28(39,29(31,32)33)13-35-25(37)17-10-16-4-3-9-41-23(16)20(11-17)40-2/h5-8,10-12,39H,3-4,9,13-14H2,1-2H3,(H2,34,38)(H,35,37)/t27-,28-/m0/s1. The quantitative estimate of drug-likeness (QED) is 0.359. The molecule has 0 bridgehead atoms. The van der Waals surface area contributed by atoms with Crippen molar-refractivity contribution >= 4 is 11.8 Å². The zero-order valence-electron chi connectivity index (χ0n) is 22.6. The zero-order valence-corrected chi connectivity index (χ0v) is 22.6. The van der Waals surface area contributed by atoms with Crippen LogP contribution in [0.2, 0.25) is 0 Å². The number of aromatic nitrogens is 1. The SMILES string of the molecule is COc1cc(C(=O)NC[C@](O)(c2cc3c(c(-c4ccc(F)cc4)n2)OC[C@]3(C)C(N)=O)C(F)(F)F)cc2c1OCCC2. The summed E-state index contributed by atoms with van der Waals surface area (Å²) in [5, 5.41) is 13.4. The molecule has 0 fully saturated rings. The van der Waals surface area contributed by atoms with Crippen LogP contribution < -0.4 is 25.3 Å². The van der Waals surface area contributed by atoms with Crippen molar-refractivity contribution in [2.75, 3.05) is 26.9 Å². The van der Waals surface area contributed by atoms with Crippen molar-refractivity contribution in [3.05, 3.63) is 70.7 Å². The Labute approximate surface area is 237 Å². The van der Waals surface area contributed by atoms with E-state index in [9.17, 15) is 32.3 Å². The van der Waals surface area contributed by atoms with Crippen LogP contribution >= 0.6 is 0 Å². The van der Waals surface area contributed by atoms with Crippen molar-refractivity contribution in [2.24, 2.45) is 5.73 Å². The van der Waals surface area contributed by atoms with Crippen molar-refractivity contribution in [1.29, 1.82) is 0 Å². The number of ether oxygens (including phenoxy) is 3. The number of carbonyl (C=O) groups excluding carboxylic acids is 2. The van der Waals surface area contributed by atoms with Crippen molar-refractivity contribution in [2.45, 2.75) is 37.0 Å². The molecular weight excluding hydrogens is 562 g/mol. The molecule has 2 aromatic carbocycles. The van der Waals surface area contributed by atoms with E-state index in [4.69, 9.17) is 19.9 Å². The van der Waals surface area contributed by atoms with E-state index in [1.807, 2.05) is 0 Å². The molecule has 2 amide bonds. The number of alkyl halides is 3. The number of halogens is 4. The van der Waals surface area contributed by atoms with E-state index < -0.39 is 47.1 Å². The van der Waals surface area contributed by atoms with E-state index in [1.54, 1.807) is 0 Å². The summed E-state index contributed by atoms with van der Waals surface area (Å²) in [6, 6.07) is 8.42. The molecule has 2 atom stereocenters. The van der Waals surface area contributed by atoms with Crippen LogP contribution in [-0.2, 0) is 22.2 Å². The highest BCUT2D eigenvalue weighted by atomic mass is 19.4. The maximum absolute atomic E-state index is 14.6. The van der Waals surface area contributed by atoms with Gasteiger partial charge >= 0.3 is 6.18 Å². The Morgan fingerprint density at radius 1 is 1.14 bits per heavy atom. The first-order chi connectivity index (χ1) is 19.8. The molecule has 0 radical (unpaired) electrons. The number of aliphatic hydroxyl groups is 1. The summed E-state index contributed by atoms with van der Waals surface area (Å²) in [7, 11) is 1.37. The Morgan fingerprint density at radius 2 is 1.86 bits per heavy atom. The Bertz CT molecular complexity index is 1550. The fourth-order valence-corrected chi connectivity index (χ4v) is 4.98. The molecule has 13 heteroatoms. The van der Waals surface area contributed by atoms with Gasteiger partial charge in [0.2, 0.25) is 11.5 Å². The number of aryl methyl sites for hydroxylation is 1. The van der Waals surface area contributed by atoms with Gasteiger partial charge in [0.25, 0.3) is 5.91 Å². The summed E-state index contributed by atoms with van der Waals surface area (Å²) < 4.78 is 74.1. The number of nitrogens with zero attached hydrogens (tertiary/aromatic N) is 1. The number of benzene rings is 2. The Kier molecular flexibility index (Phi) is 7.25. The Morgan fingerprint density at radius 3 is 2.50 bits per heavy atom. The van der Waals surface area contributed by atoms with Crippen molar-refractivity contribution in [1.82, 2.24) is 10.3 Å². The van der Waals surface area contributed by atoms with E-state index in [1.165, 1.54) is 38.3 Å². The molecule has 2 aliphatic heterocycles. The van der Waals surface area contributed by atoms with Gasteiger partial charge in [0, 0.05) is 16.7 Å². The first kappa shape index (κ1) is 29.1. The van der Waals surface area contributed by atoms with E-state index in [0.717, 1.165) is 18.2 Å². The maximum Gasteiger partial charge on any atom is 0.424 e. The lowest BCUT2D eigenvalue weighted by atomic mass is 9.81. The Hall–Kier alpha value is -4.39. The van der Waals surface area contributed by atoms with Gasteiger partial charge in [-0.15, -0.1) is 0 Å². The third kappa shape index (κ3) is 4.87. The molecule has 3 heterocycles. The lowest BCUT2D eigenvalue weighted by Crippen LogP contribution is -2.51. The second-order valence-electron chi connectivity index (χ2n) is 10.4. The smallest absolute Gasteiger partial charge is 0.424 e. The third-order valence-electron chi connectivity index (χ3n) is 7.58. The van der Waals surface area contributed by atoms with Gasteiger partial charge in [0.15, 0.2) is 11.5 Å². The molecular formula is C29H27F4N3O6. The number of hydrogen-bond donors (Lipinski definition) is 3.